The number of benzene rings is 2. The van der Waals surface area contributed by atoms with Gasteiger partial charge in [0.15, 0.2) is 5.84 Å². The lowest BCUT2D eigenvalue weighted by Crippen LogP contribution is -2.13. The normalized spacial score (nSPS) is 14.1. The quantitative estimate of drug-likeness (QED) is 0.198. The van der Waals surface area contributed by atoms with Crippen molar-refractivity contribution in [1.29, 1.82) is 0 Å². The summed E-state index contributed by atoms with van der Waals surface area (Å²) < 4.78 is 78.6. The van der Waals surface area contributed by atoms with Crippen molar-refractivity contribution >= 4 is 23.5 Å². The summed E-state index contributed by atoms with van der Waals surface area (Å²) in [5.41, 5.74) is 3.25. The van der Waals surface area contributed by atoms with E-state index < -0.39 is 35.0 Å². The molecule has 0 heterocycles. The van der Waals surface area contributed by atoms with Crippen molar-refractivity contribution in [3.63, 3.8) is 0 Å². The maximum atomic E-state index is 13.1. The molecule has 0 aromatic heterocycles. The number of amides is 1. The average molecular weight is 467 g/mol. The Morgan fingerprint density at radius 2 is 1.42 bits per heavy atom. The molecule has 1 amide bonds. The zero-order valence-corrected chi connectivity index (χ0v) is 17.5. The third-order valence-corrected chi connectivity index (χ3v) is 4.31. The van der Waals surface area contributed by atoms with Gasteiger partial charge in [-0.2, -0.15) is 26.3 Å². The van der Waals surface area contributed by atoms with Crippen LogP contribution < -0.4 is 5.73 Å². The van der Waals surface area contributed by atoms with Crippen LogP contribution in [0.25, 0.3) is 5.57 Å². The number of halogens is 6. The Labute approximate surface area is 185 Å². The molecule has 0 radical (unpaired) electrons. The number of carbonyl (C=O) groups is 1. The van der Waals surface area contributed by atoms with Crippen molar-refractivity contribution in [1.82, 2.24) is 0 Å². The van der Waals surface area contributed by atoms with Crippen LogP contribution in [0.5, 0.6) is 0 Å². The highest BCUT2D eigenvalue weighted by atomic mass is 19.4. The summed E-state index contributed by atoms with van der Waals surface area (Å²) in [5, 5.41) is 0. The van der Waals surface area contributed by atoms with Crippen LogP contribution in [-0.2, 0) is 17.1 Å². The molecule has 0 aliphatic rings. The second kappa shape index (κ2) is 10.3. The van der Waals surface area contributed by atoms with Crippen LogP contribution in [0.4, 0.5) is 26.3 Å². The van der Waals surface area contributed by atoms with Crippen molar-refractivity contribution < 1.29 is 31.1 Å². The molecule has 2 aromatic rings. The fourth-order valence-corrected chi connectivity index (χ4v) is 2.70. The predicted octanol–water partition coefficient (Wildman–Crippen LogP) is 5.69. The first-order valence-corrected chi connectivity index (χ1v) is 9.37. The predicted molar refractivity (Wildman–Crippen MR) is 115 cm³/mol. The van der Waals surface area contributed by atoms with Crippen LogP contribution in [0, 0.1) is 0 Å². The Morgan fingerprint density at radius 3 is 1.88 bits per heavy atom. The number of aliphatic imine (C=N–C) groups is 2. The smallest absolute Gasteiger partial charge is 0.366 e. The summed E-state index contributed by atoms with van der Waals surface area (Å²) >= 11 is 0. The number of allylic oxidation sites excluding steroid dienone is 3. The van der Waals surface area contributed by atoms with E-state index in [0.29, 0.717) is 23.3 Å². The van der Waals surface area contributed by atoms with E-state index in [1.165, 1.54) is 25.4 Å². The van der Waals surface area contributed by atoms with Crippen molar-refractivity contribution in [2.24, 2.45) is 15.7 Å². The first kappa shape index (κ1) is 25.6. The summed E-state index contributed by atoms with van der Waals surface area (Å²) in [6.45, 7) is 1.57. The van der Waals surface area contributed by atoms with Gasteiger partial charge in [-0.05, 0) is 42.3 Å². The van der Waals surface area contributed by atoms with E-state index in [1.807, 2.05) is 0 Å². The molecule has 4 nitrogen and oxygen atoms in total. The second-order valence-electron chi connectivity index (χ2n) is 6.82. The molecule has 0 bridgehead atoms. The SMILES string of the molecule is CN=C(N=C/C(C)=C\C=C(C(N)=O)c1ccccc1)c1cc(C(F)(F)F)cc(C(F)(F)F)c1. The third kappa shape index (κ3) is 7.16. The van der Waals surface area contributed by atoms with Gasteiger partial charge in [0.2, 0.25) is 5.91 Å². The van der Waals surface area contributed by atoms with Crippen LogP contribution in [-0.4, -0.2) is 25.0 Å². The first-order valence-electron chi connectivity index (χ1n) is 9.37. The minimum absolute atomic E-state index is 0.0331. The summed E-state index contributed by atoms with van der Waals surface area (Å²) in [4.78, 5) is 19.4. The molecule has 2 aromatic carbocycles. The molecule has 0 aliphatic carbocycles. The zero-order valence-electron chi connectivity index (χ0n) is 17.5. The fraction of sp³-hybridized carbons (Fsp3) is 0.174. The summed E-state index contributed by atoms with van der Waals surface area (Å²) in [6, 6.07) is 9.70. The van der Waals surface area contributed by atoms with E-state index in [9.17, 15) is 31.1 Å². The molecule has 0 spiro atoms. The Kier molecular flexibility index (Phi) is 7.97. The third-order valence-electron chi connectivity index (χ3n) is 4.31. The molecule has 0 aliphatic heterocycles. The average Bonchev–Trinajstić information content (AvgIpc) is 2.73. The Morgan fingerprint density at radius 1 is 0.879 bits per heavy atom. The monoisotopic (exact) mass is 467 g/mol. The van der Waals surface area contributed by atoms with Crippen molar-refractivity contribution in [3.8, 4) is 0 Å². The molecule has 174 valence electrons. The van der Waals surface area contributed by atoms with Gasteiger partial charge in [0.1, 0.15) is 0 Å². The number of alkyl halides is 6. The number of nitrogens with zero attached hydrogens (tertiary/aromatic N) is 2. The number of carbonyl (C=O) groups excluding carboxylic acids is 1. The minimum atomic E-state index is -4.98. The number of primary amides is 1. The summed E-state index contributed by atoms with van der Waals surface area (Å²) in [6.07, 6.45) is -5.84. The molecule has 0 saturated carbocycles. The minimum Gasteiger partial charge on any atom is -0.366 e. The van der Waals surface area contributed by atoms with Crippen molar-refractivity contribution in [2.75, 3.05) is 7.05 Å². The number of hydrogen-bond acceptors (Lipinski definition) is 2. The van der Waals surface area contributed by atoms with Gasteiger partial charge in [-0.3, -0.25) is 9.79 Å². The molecule has 2 N–H and O–H groups in total. The summed E-state index contributed by atoms with van der Waals surface area (Å²) in [7, 11) is 1.19. The molecule has 0 atom stereocenters. The van der Waals surface area contributed by atoms with Crippen LogP contribution in [0.15, 0.2) is 76.2 Å². The molecule has 33 heavy (non-hydrogen) atoms. The first-order chi connectivity index (χ1) is 15.3. The molecular formula is C23H19F6N3O. The summed E-state index contributed by atoms with van der Waals surface area (Å²) in [5.74, 6) is -1.01. The van der Waals surface area contributed by atoms with E-state index >= 15 is 0 Å². The van der Waals surface area contributed by atoms with Crippen LogP contribution in [0.2, 0.25) is 0 Å². The number of hydrogen-bond donors (Lipinski definition) is 1. The topological polar surface area (TPSA) is 67.8 Å². The highest BCUT2D eigenvalue weighted by Gasteiger charge is 2.37. The Hall–Kier alpha value is -3.69. The maximum Gasteiger partial charge on any atom is 0.416 e. The molecule has 10 heteroatoms. The lowest BCUT2D eigenvalue weighted by atomic mass is 10.0. The van der Waals surface area contributed by atoms with Crippen LogP contribution in [0.1, 0.15) is 29.2 Å². The lowest BCUT2D eigenvalue weighted by molar-refractivity contribution is -0.143. The molecule has 0 saturated heterocycles. The number of nitrogens with two attached hydrogens (primary N) is 1. The van der Waals surface area contributed by atoms with Crippen LogP contribution >= 0.6 is 0 Å². The fourth-order valence-electron chi connectivity index (χ4n) is 2.70. The van der Waals surface area contributed by atoms with Gasteiger partial charge in [0.05, 0.1) is 11.1 Å². The zero-order chi connectivity index (χ0) is 24.8. The maximum absolute atomic E-state index is 13.1. The van der Waals surface area contributed by atoms with E-state index in [1.54, 1.807) is 37.3 Å². The largest absolute Gasteiger partial charge is 0.416 e. The van der Waals surface area contributed by atoms with Gasteiger partial charge >= 0.3 is 12.4 Å². The van der Waals surface area contributed by atoms with Crippen molar-refractivity contribution in [2.45, 2.75) is 19.3 Å². The van der Waals surface area contributed by atoms with Gasteiger partial charge in [0.25, 0.3) is 0 Å². The standard InChI is InChI=1S/C23H19F6N3O/c1-14(8-9-19(20(30)33)15-6-4-3-5-7-15)13-32-21(31-2)16-10-17(22(24,25)26)12-18(11-16)23(27,28)29/h3-13H,1-2H3,(H2,30,33)/b14-8-,19-9?,31-21?,32-13?. The van der Waals surface area contributed by atoms with Gasteiger partial charge in [-0.1, -0.05) is 36.4 Å². The number of rotatable bonds is 5. The second-order valence-corrected chi connectivity index (χ2v) is 6.82. The number of amidine groups is 1. The van der Waals surface area contributed by atoms with Gasteiger partial charge in [0, 0.05) is 24.4 Å². The highest BCUT2D eigenvalue weighted by Crippen LogP contribution is 2.36. The van der Waals surface area contributed by atoms with Gasteiger partial charge in [-0.25, -0.2) is 4.99 Å². The Bertz CT molecular complexity index is 1090. The molecule has 2 rings (SSSR count). The van der Waals surface area contributed by atoms with Gasteiger partial charge in [-0.15, -0.1) is 0 Å². The van der Waals surface area contributed by atoms with Crippen LogP contribution in [0.3, 0.4) is 0 Å². The molecule has 0 fully saturated rings. The van der Waals surface area contributed by atoms with Gasteiger partial charge < -0.3 is 5.73 Å². The van der Waals surface area contributed by atoms with E-state index in [-0.39, 0.29) is 17.5 Å². The van der Waals surface area contributed by atoms with E-state index in [0.717, 1.165) is 0 Å². The Balaban J connectivity index is 2.41. The van der Waals surface area contributed by atoms with E-state index in [2.05, 4.69) is 9.98 Å². The highest BCUT2D eigenvalue weighted by molar-refractivity contribution is 6.19. The lowest BCUT2D eigenvalue weighted by Gasteiger charge is -2.14. The van der Waals surface area contributed by atoms with Crippen molar-refractivity contribution in [3.05, 3.63) is 88.5 Å². The molecular weight excluding hydrogens is 448 g/mol. The van der Waals surface area contributed by atoms with E-state index in [4.69, 9.17) is 5.73 Å². The molecule has 0 unspecified atom stereocenters.